The summed E-state index contributed by atoms with van der Waals surface area (Å²) in [6.07, 6.45) is 1.64. The van der Waals surface area contributed by atoms with Crippen molar-refractivity contribution in [1.29, 1.82) is 0 Å². The van der Waals surface area contributed by atoms with Gasteiger partial charge in [-0.25, -0.2) is 0 Å². The Morgan fingerprint density at radius 1 is 1.38 bits per heavy atom. The van der Waals surface area contributed by atoms with E-state index in [1.54, 1.807) is 30.6 Å². The molecule has 0 fully saturated rings. The number of thioether (sulfide) groups is 1. The highest BCUT2D eigenvalue weighted by Gasteiger charge is 2.09. The Hall–Kier alpha value is -2.15. The van der Waals surface area contributed by atoms with Crippen molar-refractivity contribution >= 4 is 29.1 Å². The van der Waals surface area contributed by atoms with Gasteiger partial charge in [0.1, 0.15) is 6.33 Å². The van der Waals surface area contributed by atoms with Crippen molar-refractivity contribution in [2.75, 3.05) is 11.1 Å². The molecule has 21 heavy (non-hydrogen) atoms. The average Bonchev–Trinajstić information content (AvgIpc) is 2.93. The van der Waals surface area contributed by atoms with Gasteiger partial charge in [-0.15, -0.1) is 10.2 Å². The zero-order chi connectivity index (χ0) is 15.2. The second-order valence-electron chi connectivity index (χ2n) is 4.37. The molecule has 1 aromatic heterocycles. The summed E-state index contributed by atoms with van der Waals surface area (Å²) in [5.41, 5.74) is 1.19. The van der Waals surface area contributed by atoms with Gasteiger partial charge in [0.05, 0.1) is 5.75 Å². The zero-order valence-electron chi connectivity index (χ0n) is 11.9. The highest BCUT2D eigenvalue weighted by molar-refractivity contribution is 7.99. The minimum Gasteiger partial charge on any atom is -0.325 e. The monoisotopic (exact) mass is 304 g/mol. The van der Waals surface area contributed by atoms with E-state index >= 15 is 0 Å². The van der Waals surface area contributed by atoms with Crippen LogP contribution in [0.25, 0.3) is 0 Å². The van der Waals surface area contributed by atoms with Crippen LogP contribution in [0.1, 0.15) is 24.2 Å². The van der Waals surface area contributed by atoms with Crippen molar-refractivity contribution in [3.63, 3.8) is 0 Å². The molecule has 0 unspecified atom stereocenters. The first-order valence-corrected chi connectivity index (χ1v) is 7.50. The number of anilines is 1. The first-order chi connectivity index (χ1) is 10.1. The Morgan fingerprint density at radius 3 is 2.90 bits per heavy atom. The molecule has 0 atom stereocenters. The second-order valence-corrected chi connectivity index (χ2v) is 5.32. The van der Waals surface area contributed by atoms with Gasteiger partial charge in [0.2, 0.25) is 5.91 Å². The molecular formula is C14H16N4O2S. The van der Waals surface area contributed by atoms with Gasteiger partial charge in [-0.1, -0.05) is 23.9 Å². The van der Waals surface area contributed by atoms with Gasteiger partial charge in [-0.05, 0) is 26.0 Å². The molecule has 0 bridgehead atoms. The van der Waals surface area contributed by atoms with E-state index < -0.39 is 0 Å². The average molecular weight is 304 g/mol. The van der Waals surface area contributed by atoms with E-state index in [2.05, 4.69) is 15.5 Å². The maximum atomic E-state index is 11.9. The van der Waals surface area contributed by atoms with Gasteiger partial charge < -0.3 is 9.88 Å². The van der Waals surface area contributed by atoms with E-state index in [0.29, 0.717) is 16.4 Å². The normalized spacial score (nSPS) is 10.4. The molecule has 110 valence electrons. The van der Waals surface area contributed by atoms with Crippen molar-refractivity contribution < 1.29 is 9.59 Å². The number of nitrogens with zero attached hydrogens (tertiary/aromatic N) is 3. The molecule has 1 amide bonds. The number of rotatable bonds is 6. The molecule has 0 saturated heterocycles. The van der Waals surface area contributed by atoms with E-state index in [4.69, 9.17) is 0 Å². The number of ketones is 1. The lowest BCUT2D eigenvalue weighted by Gasteiger charge is -2.06. The van der Waals surface area contributed by atoms with Crippen LogP contribution in [-0.2, 0) is 11.3 Å². The summed E-state index contributed by atoms with van der Waals surface area (Å²) < 4.78 is 1.87. The summed E-state index contributed by atoms with van der Waals surface area (Å²) in [5, 5.41) is 11.2. The van der Waals surface area contributed by atoms with Crippen LogP contribution in [-0.4, -0.2) is 32.2 Å². The second kappa shape index (κ2) is 7.03. The summed E-state index contributed by atoms with van der Waals surface area (Å²) in [4.78, 5) is 23.2. The number of carbonyl (C=O) groups is 2. The van der Waals surface area contributed by atoms with Crippen molar-refractivity contribution in [2.24, 2.45) is 0 Å². The largest absolute Gasteiger partial charge is 0.325 e. The fourth-order valence-corrected chi connectivity index (χ4v) is 2.50. The number of Topliss-reactive ketones (excluding diaryl/α,β-unsaturated/α-hetero) is 1. The summed E-state index contributed by atoms with van der Waals surface area (Å²) in [5.74, 6) is 0.0612. The Morgan fingerprint density at radius 2 is 2.19 bits per heavy atom. The number of hydrogen-bond donors (Lipinski definition) is 1. The Kier molecular flexibility index (Phi) is 5.10. The molecule has 1 N–H and O–H groups in total. The standard InChI is InChI=1S/C14H16N4O2S/c1-3-18-9-15-17-14(18)21-8-13(20)16-12-6-4-5-11(7-12)10(2)19/h4-7,9H,3,8H2,1-2H3,(H,16,20). The topological polar surface area (TPSA) is 76.9 Å². The molecule has 0 saturated carbocycles. The Bertz CT molecular complexity index is 654. The van der Waals surface area contributed by atoms with E-state index in [0.717, 1.165) is 6.54 Å². The van der Waals surface area contributed by atoms with E-state index in [-0.39, 0.29) is 17.4 Å². The fourth-order valence-electron chi connectivity index (χ4n) is 1.72. The molecular weight excluding hydrogens is 288 g/mol. The van der Waals surface area contributed by atoms with Crippen molar-refractivity contribution in [1.82, 2.24) is 14.8 Å². The SMILES string of the molecule is CCn1cnnc1SCC(=O)Nc1cccc(C(C)=O)c1. The molecule has 6 nitrogen and oxygen atoms in total. The van der Waals surface area contributed by atoms with Gasteiger partial charge in [0.15, 0.2) is 10.9 Å². The van der Waals surface area contributed by atoms with Gasteiger partial charge >= 0.3 is 0 Å². The van der Waals surface area contributed by atoms with Gasteiger partial charge in [0.25, 0.3) is 0 Å². The molecule has 0 aliphatic carbocycles. The maximum Gasteiger partial charge on any atom is 0.234 e. The predicted octanol–water partition coefficient (Wildman–Crippen LogP) is 2.23. The van der Waals surface area contributed by atoms with Crippen LogP contribution in [0.15, 0.2) is 35.7 Å². The number of amides is 1. The van der Waals surface area contributed by atoms with Crippen LogP contribution >= 0.6 is 11.8 Å². The Balaban J connectivity index is 1.93. The molecule has 0 aliphatic heterocycles. The highest BCUT2D eigenvalue weighted by Crippen LogP contribution is 2.16. The molecule has 0 spiro atoms. The first-order valence-electron chi connectivity index (χ1n) is 6.51. The lowest BCUT2D eigenvalue weighted by atomic mass is 10.1. The third kappa shape index (κ3) is 4.16. The molecule has 2 rings (SSSR count). The van der Waals surface area contributed by atoms with Crippen LogP contribution in [0.2, 0.25) is 0 Å². The third-order valence-corrected chi connectivity index (χ3v) is 3.79. The van der Waals surface area contributed by atoms with Crippen LogP contribution in [0.3, 0.4) is 0 Å². The number of carbonyl (C=O) groups excluding carboxylic acids is 2. The van der Waals surface area contributed by atoms with Crippen molar-refractivity contribution in [2.45, 2.75) is 25.5 Å². The number of aryl methyl sites for hydroxylation is 1. The highest BCUT2D eigenvalue weighted by atomic mass is 32.2. The van der Waals surface area contributed by atoms with Crippen molar-refractivity contribution in [3.05, 3.63) is 36.2 Å². The lowest BCUT2D eigenvalue weighted by molar-refractivity contribution is -0.113. The summed E-state index contributed by atoms with van der Waals surface area (Å²) >= 11 is 1.33. The van der Waals surface area contributed by atoms with Crippen LogP contribution in [0.4, 0.5) is 5.69 Å². The molecule has 7 heteroatoms. The molecule has 0 radical (unpaired) electrons. The van der Waals surface area contributed by atoms with Gasteiger partial charge in [0, 0.05) is 17.8 Å². The van der Waals surface area contributed by atoms with Gasteiger partial charge in [-0.3, -0.25) is 9.59 Å². The minimum absolute atomic E-state index is 0.0310. The lowest BCUT2D eigenvalue weighted by Crippen LogP contribution is -2.14. The van der Waals surface area contributed by atoms with Gasteiger partial charge in [-0.2, -0.15) is 0 Å². The number of nitrogens with one attached hydrogen (secondary N) is 1. The van der Waals surface area contributed by atoms with Crippen LogP contribution in [0.5, 0.6) is 0 Å². The number of aromatic nitrogens is 3. The number of hydrogen-bond acceptors (Lipinski definition) is 5. The van der Waals surface area contributed by atoms with Crippen LogP contribution in [0, 0.1) is 0 Å². The fraction of sp³-hybridized carbons (Fsp3) is 0.286. The molecule has 1 aromatic carbocycles. The van der Waals surface area contributed by atoms with Crippen LogP contribution < -0.4 is 5.32 Å². The smallest absolute Gasteiger partial charge is 0.234 e. The quantitative estimate of drug-likeness (QED) is 0.654. The number of benzene rings is 1. The predicted molar refractivity (Wildman–Crippen MR) is 81.5 cm³/mol. The maximum absolute atomic E-state index is 11.9. The molecule has 0 aliphatic rings. The first kappa shape index (κ1) is 15.2. The summed E-state index contributed by atoms with van der Waals surface area (Å²) in [7, 11) is 0. The third-order valence-electron chi connectivity index (χ3n) is 2.81. The van der Waals surface area contributed by atoms with E-state index in [1.807, 2.05) is 11.5 Å². The van der Waals surface area contributed by atoms with E-state index in [9.17, 15) is 9.59 Å². The molecule has 2 aromatic rings. The Labute approximate surface area is 127 Å². The zero-order valence-corrected chi connectivity index (χ0v) is 12.7. The molecule has 1 heterocycles. The summed E-state index contributed by atoms with van der Waals surface area (Å²) in [6, 6.07) is 6.88. The minimum atomic E-state index is -0.147. The van der Waals surface area contributed by atoms with E-state index in [1.165, 1.54) is 18.7 Å². The summed E-state index contributed by atoms with van der Waals surface area (Å²) in [6.45, 7) is 4.24. The van der Waals surface area contributed by atoms with Crippen molar-refractivity contribution in [3.8, 4) is 0 Å².